The van der Waals surface area contributed by atoms with Crippen LogP contribution in [0.25, 0.3) is 0 Å². The third kappa shape index (κ3) is 4.40. The highest BCUT2D eigenvalue weighted by molar-refractivity contribution is 8.00. The molecule has 0 spiro atoms. The van der Waals surface area contributed by atoms with Crippen LogP contribution in [0.5, 0.6) is 0 Å². The van der Waals surface area contributed by atoms with Crippen LogP contribution in [0.1, 0.15) is 21.7 Å². The van der Waals surface area contributed by atoms with Crippen molar-refractivity contribution in [3.63, 3.8) is 0 Å². The van der Waals surface area contributed by atoms with Crippen molar-refractivity contribution in [2.24, 2.45) is 7.05 Å². The van der Waals surface area contributed by atoms with Crippen molar-refractivity contribution in [2.75, 3.05) is 11.1 Å². The van der Waals surface area contributed by atoms with Gasteiger partial charge in [0, 0.05) is 35.6 Å². The molecule has 0 fully saturated rings. The van der Waals surface area contributed by atoms with Gasteiger partial charge in [-0.15, -0.1) is 11.8 Å². The van der Waals surface area contributed by atoms with Gasteiger partial charge in [0.2, 0.25) is 11.7 Å². The Kier molecular flexibility index (Phi) is 5.53. The number of aryl methyl sites for hydroxylation is 2. The molecule has 3 rings (SSSR count). The number of carbonyl (C=O) groups excluding carboxylic acids is 2. The molecule has 6 heteroatoms. The molecule has 1 amide bonds. The van der Waals surface area contributed by atoms with E-state index < -0.39 is 0 Å². The summed E-state index contributed by atoms with van der Waals surface area (Å²) in [4.78, 5) is 29.6. The van der Waals surface area contributed by atoms with Gasteiger partial charge in [-0.05, 0) is 43.3 Å². The molecule has 0 bridgehead atoms. The first-order valence-corrected chi connectivity index (χ1v) is 9.13. The first-order chi connectivity index (χ1) is 12.5. The Balaban J connectivity index is 1.57. The van der Waals surface area contributed by atoms with Crippen molar-refractivity contribution < 1.29 is 9.59 Å². The first-order valence-electron chi connectivity index (χ1n) is 8.14. The zero-order valence-electron chi connectivity index (χ0n) is 14.6. The number of hydrogen-bond acceptors (Lipinski definition) is 4. The van der Waals surface area contributed by atoms with E-state index in [2.05, 4.69) is 10.3 Å². The van der Waals surface area contributed by atoms with Crippen LogP contribution in [0.15, 0.2) is 65.8 Å². The number of imidazole rings is 1. The molecular weight excluding hydrogens is 346 g/mol. The second kappa shape index (κ2) is 8.01. The quantitative estimate of drug-likeness (QED) is 0.534. The van der Waals surface area contributed by atoms with Gasteiger partial charge in [-0.3, -0.25) is 9.59 Å². The van der Waals surface area contributed by atoms with Gasteiger partial charge in [0.15, 0.2) is 5.82 Å². The number of thioether (sulfide) groups is 1. The number of anilines is 1. The van der Waals surface area contributed by atoms with E-state index in [4.69, 9.17) is 0 Å². The fraction of sp³-hybridized carbons (Fsp3) is 0.150. The number of amides is 1. The zero-order valence-corrected chi connectivity index (χ0v) is 15.4. The van der Waals surface area contributed by atoms with E-state index in [0.29, 0.717) is 22.8 Å². The summed E-state index contributed by atoms with van der Waals surface area (Å²) in [6.07, 6.45) is 3.32. The Bertz CT molecular complexity index is 915. The molecule has 0 saturated heterocycles. The molecule has 3 aromatic rings. The predicted molar refractivity (Wildman–Crippen MR) is 104 cm³/mol. The number of carbonyl (C=O) groups is 2. The largest absolute Gasteiger partial charge is 0.331 e. The van der Waals surface area contributed by atoms with Crippen LogP contribution in [0, 0.1) is 6.92 Å². The summed E-state index contributed by atoms with van der Waals surface area (Å²) in [7, 11) is 1.78. The average molecular weight is 365 g/mol. The smallest absolute Gasteiger partial charge is 0.234 e. The van der Waals surface area contributed by atoms with Gasteiger partial charge in [-0.1, -0.05) is 17.7 Å². The maximum Gasteiger partial charge on any atom is 0.234 e. The highest BCUT2D eigenvalue weighted by atomic mass is 32.2. The van der Waals surface area contributed by atoms with Gasteiger partial charge in [-0.25, -0.2) is 4.98 Å². The SMILES string of the molecule is Cc1ccc(SCC(=O)Nc2ccc(C(=O)c3nccn3C)cc2)cc1. The van der Waals surface area contributed by atoms with E-state index in [0.717, 1.165) is 4.90 Å². The van der Waals surface area contributed by atoms with Gasteiger partial charge < -0.3 is 9.88 Å². The lowest BCUT2D eigenvalue weighted by molar-refractivity contribution is -0.113. The van der Waals surface area contributed by atoms with Gasteiger partial charge in [0.1, 0.15) is 0 Å². The number of aromatic nitrogens is 2. The predicted octanol–water partition coefficient (Wildman–Crippen LogP) is 3.69. The maximum absolute atomic E-state index is 12.4. The zero-order chi connectivity index (χ0) is 18.5. The Labute approximate surface area is 156 Å². The average Bonchev–Trinajstić information content (AvgIpc) is 3.07. The minimum atomic E-state index is -0.148. The van der Waals surface area contributed by atoms with Crippen LogP contribution in [0.3, 0.4) is 0 Å². The molecule has 1 N–H and O–H groups in total. The van der Waals surface area contributed by atoms with Gasteiger partial charge in [0.05, 0.1) is 5.75 Å². The Morgan fingerprint density at radius 2 is 1.77 bits per heavy atom. The third-order valence-electron chi connectivity index (χ3n) is 3.85. The summed E-state index contributed by atoms with van der Waals surface area (Å²) in [6.45, 7) is 2.03. The molecule has 0 saturated carbocycles. The standard InChI is InChI=1S/C20H19N3O2S/c1-14-3-9-17(10-4-14)26-13-18(24)22-16-7-5-15(6-8-16)19(25)20-21-11-12-23(20)2/h3-12H,13H2,1-2H3,(H,22,24). The molecule has 2 aromatic carbocycles. The maximum atomic E-state index is 12.4. The van der Waals surface area contributed by atoms with Crippen molar-refractivity contribution in [2.45, 2.75) is 11.8 Å². The van der Waals surface area contributed by atoms with E-state index in [-0.39, 0.29) is 11.7 Å². The van der Waals surface area contributed by atoms with Crippen LogP contribution >= 0.6 is 11.8 Å². The summed E-state index contributed by atoms with van der Waals surface area (Å²) >= 11 is 1.49. The number of hydrogen-bond donors (Lipinski definition) is 1. The van der Waals surface area contributed by atoms with Crippen molar-refractivity contribution in [3.8, 4) is 0 Å². The second-order valence-electron chi connectivity index (χ2n) is 5.92. The molecule has 1 heterocycles. The molecule has 132 valence electrons. The van der Waals surface area contributed by atoms with Crippen LogP contribution in [-0.2, 0) is 11.8 Å². The number of rotatable bonds is 6. The van der Waals surface area contributed by atoms with Crippen LogP contribution in [0.4, 0.5) is 5.69 Å². The van der Waals surface area contributed by atoms with Gasteiger partial charge in [0.25, 0.3) is 0 Å². The summed E-state index contributed by atoms with van der Waals surface area (Å²) < 4.78 is 1.68. The molecule has 0 radical (unpaired) electrons. The molecule has 0 aliphatic heterocycles. The summed E-state index contributed by atoms with van der Waals surface area (Å²) in [6, 6.07) is 14.9. The van der Waals surface area contributed by atoms with Crippen molar-refractivity contribution in [3.05, 3.63) is 77.9 Å². The fourth-order valence-corrected chi connectivity index (χ4v) is 3.10. The van der Waals surface area contributed by atoms with Gasteiger partial charge in [-0.2, -0.15) is 0 Å². The van der Waals surface area contributed by atoms with E-state index in [1.807, 2.05) is 31.2 Å². The molecule has 5 nitrogen and oxygen atoms in total. The lowest BCUT2D eigenvalue weighted by Crippen LogP contribution is -2.14. The number of benzene rings is 2. The Morgan fingerprint density at radius 1 is 1.08 bits per heavy atom. The van der Waals surface area contributed by atoms with Crippen molar-refractivity contribution in [1.82, 2.24) is 9.55 Å². The number of ketones is 1. The monoisotopic (exact) mass is 365 g/mol. The van der Waals surface area contributed by atoms with Crippen LogP contribution in [0.2, 0.25) is 0 Å². The van der Waals surface area contributed by atoms with Crippen LogP contribution in [-0.4, -0.2) is 27.0 Å². The minimum absolute atomic E-state index is 0.0845. The fourth-order valence-electron chi connectivity index (χ4n) is 2.40. The molecule has 1 aromatic heterocycles. The van der Waals surface area contributed by atoms with Crippen molar-refractivity contribution >= 4 is 29.1 Å². The molecule has 0 aliphatic carbocycles. The number of nitrogens with one attached hydrogen (secondary N) is 1. The summed E-state index contributed by atoms with van der Waals surface area (Å²) in [5.74, 6) is 0.483. The Hall–Kier alpha value is -2.86. The topological polar surface area (TPSA) is 64.0 Å². The van der Waals surface area contributed by atoms with E-state index in [9.17, 15) is 9.59 Å². The van der Waals surface area contributed by atoms with Crippen molar-refractivity contribution in [1.29, 1.82) is 0 Å². The molecule has 26 heavy (non-hydrogen) atoms. The second-order valence-corrected chi connectivity index (χ2v) is 6.97. The van der Waals surface area contributed by atoms with E-state index >= 15 is 0 Å². The molecular formula is C20H19N3O2S. The van der Waals surface area contributed by atoms with Gasteiger partial charge >= 0.3 is 0 Å². The lowest BCUT2D eigenvalue weighted by atomic mass is 10.1. The number of nitrogens with zero attached hydrogens (tertiary/aromatic N) is 2. The Morgan fingerprint density at radius 3 is 2.38 bits per heavy atom. The minimum Gasteiger partial charge on any atom is -0.331 e. The highest BCUT2D eigenvalue weighted by Gasteiger charge is 2.13. The van der Waals surface area contributed by atoms with E-state index in [1.165, 1.54) is 17.3 Å². The molecule has 0 unspecified atom stereocenters. The lowest BCUT2D eigenvalue weighted by Gasteiger charge is -2.07. The van der Waals surface area contributed by atoms with E-state index in [1.54, 1.807) is 48.3 Å². The molecule has 0 aliphatic rings. The van der Waals surface area contributed by atoms with Crippen LogP contribution < -0.4 is 5.32 Å². The molecule has 0 atom stereocenters. The summed E-state index contributed by atoms with van der Waals surface area (Å²) in [5.41, 5.74) is 2.39. The summed E-state index contributed by atoms with van der Waals surface area (Å²) in [5, 5.41) is 2.84. The highest BCUT2D eigenvalue weighted by Crippen LogP contribution is 2.19. The third-order valence-corrected chi connectivity index (χ3v) is 4.86. The normalized spacial score (nSPS) is 10.5. The first kappa shape index (κ1) is 17.9.